The van der Waals surface area contributed by atoms with Gasteiger partial charge in [-0.15, -0.1) is 0 Å². The van der Waals surface area contributed by atoms with Crippen LogP contribution in [0.3, 0.4) is 0 Å². The summed E-state index contributed by atoms with van der Waals surface area (Å²) in [7, 11) is 0. The molecule has 2 aromatic heterocycles. The third-order valence-electron chi connectivity index (χ3n) is 10.1. The fourth-order valence-corrected chi connectivity index (χ4v) is 7.46. The zero-order chi connectivity index (χ0) is 35.1. The third-order valence-corrected chi connectivity index (χ3v) is 10.1. The van der Waals surface area contributed by atoms with E-state index in [1.165, 1.54) is 10.8 Å². The van der Waals surface area contributed by atoms with Crippen molar-refractivity contribution in [3.63, 3.8) is 0 Å². The normalized spacial score (nSPS) is 11.4. The van der Waals surface area contributed by atoms with E-state index in [4.69, 9.17) is 14.4 Å². The molecule has 3 heteroatoms. The molecule has 0 amide bonds. The summed E-state index contributed by atoms with van der Waals surface area (Å²) in [6, 6.07) is 68.0. The predicted molar refractivity (Wildman–Crippen MR) is 219 cm³/mol. The van der Waals surface area contributed by atoms with Gasteiger partial charge in [0.2, 0.25) is 0 Å². The fraction of sp³-hybridized carbons (Fsp3) is 0. The van der Waals surface area contributed by atoms with Crippen LogP contribution in [0.4, 0.5) is 0 Å². The molecule has 0 spiro atoms. The van der Waals surface area contributed by atoms with Crippen molar-refractivity contribution in [1.82, 2.24) is 9.97 Å². The molecule has 0 aliphatic rings. The Morgan fingerprint density at radius 1 is 0.321 bits per heavy atom. The highest BCUT2D eigenvalue weighted by molar-refractivity contribution is 6.10. The summed E-state index contributed by atoms with van der Waals surface area (Å²) in [6.45, 7) is 0. The van der Waals surface area contributed by atoms with Gasteiger partial charge in [-0.3, -0.25) is 0 Å². The molecule has 0 atom stereocenters. The van der Waals surface area contributed by atoms with Gasteiger partial charge in [0.15, 0.2) is 5.82 Å². The van der Waals surface area contributed by atoms with E-state index in [1.807, 2.05) is 18.2 Å². The van der Waals surface area contributed by atoms with Crippen molar-refractivity contribution in [3.8, 4) is 67.3 Å². The monoisotopic (exact) mass is 676 g/mol. The van der Waals surface area contributed by atoms with E-state index in [2.05, 4.69) is 176 Å². The molecule has 0 aliphatic carbocycles. The third kappa shape index (κ3) is 5.65. The van der Waals surface area contributed by atoms with E-state index in [0.717, 1.165) is 83.4 Å². The second kappa shape index (κ2) is 12.9. The van der Waals surface area contributed by atoms with Gasteiger partial charge in [0.1, 0.15) is 11.2 Å². The van der Waals surface area contributed by atoms with Gasteiger partial charge in [0.05, 0.1) is 11.4 Å². The van der Waals surface area contributed by atoms with Crippen LogP contribution in [-0.4, -0.2) is 9.97 Å². The van der Waals surface area contributed by atoms with Gasteiger partial charge in [-0.05, 0) is 75.0 Å². The molecule has 53 heavy (non-hydrogen) atoms. The zero-order valence-corrected chi connectivity index (χ0v) is 28.8. The largest absolute Gasteiger partial charge is 0.455 e. The predicted octanol–water partition coefficient (Wildman–Crippen LogP) is 13.5. The molecule has 0 unspecified atom stereocenters. The highest BCUT2D eigenvalue weighted by atomic mass is 16.3. The number of aromatic nitrogens is 2. The molecule has 0 saturated heterocycles. The Bertz CT molecular complexity index is 2950. The second-order valence-corrected chi connectivity index (χ2v) is 13.4. The zero-order valence-electron chi connectivity index (χ0n) is 28.8. The summed E-state index contributed by atoms with van der Waals surface area (Å²) in [5.41, 5.74) is 13.0. The molecule has 0 radical (unpaired) electrons. The van der Waals surface area contributed by atoms with Crippen molar-refractivity contribution in [2.75, 3.05) is 0 Å². The fourth-order valence-electron chi connectivity index (χ4n) is 7.46. The van der Waals surface area contributed by atoms with E-state index in [1.54, 1.807) is 0 Å². The molecular weight excluding hydrogens is 645 g/mol. The van der Waals surface area contributed by atoms with Crippen LogP contribution in [0.2, 0.25) is 0 Å². The van der Waals surface area contributed by atoms with Crippen LogP contribution in [0.25, 0.3) is 100.0 Å². The minimum atomic E-state index is 0.677. The Hall–Kier alpha value is -7.10. The standard InChI is InChI=1S/C50H32N2O/c1-3-14-33(15-4-1)38-29-39(42-23-13-24-44-43-21-11-12-25-48(43)53-49(42)44)31-40(30-38)47-32-46(35-17-5-2-6-18-35)51-50(52-47)45-22-10-9-20-41(45)37-27-26-34-16-7-8-19-36(34)28-37/h1-32H. The van der Waals surface area contributed by atoms with Crippen molar-refractivity contribution in [2.45, 2.75) is 0 Å². The maximum absolute atomic E-state index is 6.54. The Morgan fingerprint density at radius 3 is 1.75 bits per heavy atom. The van der Waals surface area contributed by atoms with Crippen LogP contribution in [0, 0.1) is 0 Å². The summed E-state index contributed by atoms with van der Waals surface area (Å²) < 4.78 is 6.54. The van der Waals surface area contributed by atoms with Crippen LogP contribution in [0.1, 0.15) is 0 Å². The average Bonchev–Trinajstić information content (AvgIpc) is 3.63. The molecule has 0 aliphatic heterocycles. The molecule has 8 aromatic carbocycles. The number of hydrogen-bond acceptors (Lipinski definition) is 3. The molecule has 248 valence electrons. The molecule has 10 aromatic rings. The van der Waals surface area contributed by atoms with Gasteiger partial charge < -0.3 is 4.42 Å². The minimum absolute atomic E-state index is 0.677. The second-order valence-electron chi connectivity index (χ2n) is 13.4. The summed E-state index contributed by atoms with van der Waals surface area (Å²) in [5.74, 6) is 0.677. The molecular formula is C50H32N2O. The number of rotatable bonds is 6. The first-order valence-corrected chi connectivity index (χ1v) is 17.9. The molecule has 0 N–H and O–H groups in total. The Balaban J connectivity index is 1.20. The SMILES string of the molecule is c1ccc(-c2cc(-c3cc(-c4ccccc4)nc(-c4ccccc4-c4ccc5ccccc5c4)n3)cc(-c3cccc4c3oc3ccccc34)c2)cc1. The van der Waals surface area contributed by atoms with Gasteiger partial charge in [-0.25, -0.2) is 9.97 Å². The number of hydrogen-bond donors (Lipinski definition) is 0. The van der Waals surface area contributed by atoms with E-state index < -0.39 is 0 Å². The number of benzene rings is 8. The quantitative estimate of drug-likeness (QED) is 0.176. The molecule has 0 saturated carbocycles. The summed E-state index contributed by atoms with van der Waals surface area (Å²) in [4.78, 5) is 10.6. The van der Waals surface area contributed by atoms with Crippen molar-refractivity contribution >= 4 is 32.7 Å². The van der Waals surface area contributed by atoms with E-state index in [9.17, 15) is 0 Å². The van der Waals surface area contributed by atoms with Crippen molar-refractivity contribution in [1.29, 1.82) is 0 Å². The maximum Gasteiger partial charge on any atom is 0.161 e. The lowest BCUT2D eigenvalue weighted by Gasteiger charge is -2.15. The average molecular weight is 677 g/mol. The summed E-state index contributed by atoms with van der Waals surface area (Å²) in [6.07, 6.45) is 0. The van der Waals surface area contributed by atoms with Gasteiger partial charge in [-0.2, -0.15) is 0 Å². The topological polar surface area (TPSA) is 38.9 Å². The highest BCUT2D eigenvalue weighted by Gasteiger charge is 2.18. The number of furan rings is 1. The number of nitrogens with zero attached hydrogens (tertiary/aromatic N) is 2. The molecule has 2 heterocycles. The van der Waals surface area contributed by atoms with Crippen LogP contribution in [-0.2, 0) is 0 Å². The molecule has 0 fully saturated rings. The summed E-state index contributed by atoms with van der Waals surface area (Å²) >= 11 is 0. The van der Waals surface area contributed by atoms with Gasteiger partial charge in [-0.1, -0.05) is 158 Å². The number of para-hydroxylation sites is 2. The summed E-state index contributed by atoms with van der Waals surface area (Å²) in [5, 5.41) is 4.63. The van der Waals surface area contributed by atoms with E-state index in [0.29, 0.717) is 5.82 Å². The van der Waals surface area contributed by atoms with Crippen LogP contribution < -0.4 is 0 Å². The van der Waals surface area contributed by atoms with Crippen molar-refractivity contribution < 1.29 is 4.42 Å². The molecule has 10 rings (SSSR count). The van der Waals surface area contributed by atoms with Crippen molar-refractivity contribution in [3.05, 3.63) is 194 Å². The van der Waals surface area contributed by atoms with Crippen LogP contribution in [0.5, 0.6) is 0 Å². The smallest absolute Gasteiger partial charge is 0.161 e. The van der Waals surface area contributed by atoms with E-state index >= 15 is 0 Å². The van der Waals surface area contributed by atoms with Crippen LogP contribution >= 0.6 is 0 Å². The lowest BCUT2D eigenvalue weighted by molar-refractivity contribution is 0.670. The Kier molecular flexibility index (Phi) is 7.47. The maximum atomic E-state index is 6.54. The lowest BCUT2D eigenvalue weighted by Crippen LogP contribution is -1.98. The van der Waals surface area contributed by atoms with Crippen molar-refractivity contribution in [2.24, 2.45) is 0 Å². The Morgan fingerprint density at radius 2 is 0.925 bits per heavy atom. The number of fused-ring (bicyclic) bond motifs is 4. The molecule has 3 nitrogen and oxygen atoms in total. The first-order chi connectivity index (χ1) is 26.2. The lowest BCUT2D eigenvalue weighted by atomic mass is 9.93. The minimum Gasteiger partial charge on any atom is -0.455 e. The van der Waals surface area contributed by atoms with Gasteiger partial charge in [0.25, 0.3) is 0 Å². The van der Waals surface area contributed by atoms with Crippen LogP contribution in [0.15, 0.2) is 199 Å². The molecule has 0 bridgehead atoms. The highest BCUT2D eigenvalue weighted by Crippen LogP contribution is 2.40. The van der Waals surface area contributed by atoms with Gasteiger partial charge >= 0.3 is 0 Å². The first kappa shape index (κ1) is 30.7. The van der Waals surface area contributed by atoms with E-state index in [-0.39, 0.29) is 0 Å². The first-order valence-electron chi connectivity index (χ1n) is 17.9. The van der Waals surface area contributed by atoms with Gasteiger partial charge in [0, 0.05) is 33.0 Å². The Labute approximate surface area is 307 Å².